The number of fused-ring (bicyclic) bond motifs is 1. The maximum atomic E-state index is 13.0. The number of nitrogens with one attached hydrogen (secondary N) is 1. The molecule has 0 aromatic heterocycles. The number of urea groups is 1. The van der Waals surface area contributed by atoms with Crippen LogP contribution < -0.4 is 10.2 Å². The molecule has 5 rings (SSSR count). The molecule has 0 spiro atoms. The molecular weight excluding hydrogens is 481 g/mol. The molecule has 0 saturated carbocycles. The molecule has 3 aliphatic rings. The van der Waals surface area contributed by atoms with E-state index >= 15 is 0 Å². The number of hydrazine groups is 1. The van der Waals surface area contributed by atoms with Gasteiger partial charge in [-0.2, -0.15) is 5.01 Å². The Bertz CT molecular complexity index is 1190. The highest BCUT2D eigenvalue weighted by atomic mass is 35.5. The van der Waals surface area contributed by atoms with Crippen molar-refractivity contribution in [3.8, 4) is 0 Å². The van der Waals surface area contributed by atoms with Crippen LogP contribution in [0, 0.1) is 0 Å². The van der Waals surface area contributed by atoms with Crippen LogP contribution in [-0.2, 0) is 11.3 Å². The minimum absolute atomic E-state index is 0.0227. The average molecular weight is 502 g/mol. The Morgan fingerprint density at radius 1 is 0.794 bits per heavy atom. The predicted octanol–water partition coefficient (Wildman–Crippen LogP) is 2.77. The van der Waals surface area contributed by atoms with Gasteiger partial charge in [0.1, 0.15) is 0 Å². The van der Waals surface area contributed by atoms with Gasteiger partial charge in [0.05, 0.1) is 17.7 Å². The van der Waals surface area contributed by atoms with Crippen molar-refractivity contribution in [2.75, 3.05) is 37.6 Å². The van der Waals surface area contributed by atoms with Gasteiger partial charge in [-0.15, -0.1) is 0 Å². The number of nitrogens with zero attached hydrogens (tertiary/aromatic N) is 4. The topological polar surface area (TPSA) is 93.3 Å². The summed E-state index contributed by atoms with van der Waals surface area (Å²) in [7, 11) is 0. The van der Waals surface area contributed by atoms with Crippen molar-refractivity contribution < 1.29 is 19.2 Å². The summed E-state index contributed by atoms with van der Waals surface area (Å²) in [6.45, 7) is 3.82. The number of halogens is 2. The fraction of sp³-hybridized carbons (Fsp3) is 0.304. The zero-order chi connectivity index (χ0) is 24.0. The highest BCUT2D eigenvalue weighted by Gasteiger charge is 2.43. The lowest BCUT2D eigenvalue weighted by Crippen LogP contribution is -2.58. The molecular formula is C23H21Cl2N5O4. The van der Waals surface area contributed by atoms with Crippen LogP contribution in [0.4, 0.5) is 10.5 Å². The third-order valence-electron chi connectivity index (χ3n) is 6.19. The van der Waals surface area contributed by atoms with Crippen molar-refractivity contribution >= 4 is 52.6 Å². The molecule has 1 N–H and O–H groups in total. The Morgan fingerprint density at radius 2 is 1.47 bits per heavy atom. The summed E-state index contributed by atoms with van der Waals surface area (Å²) in [6.07, 6.45) is 0.0256. The highest BCUT2D eigenvalue weighted by molar-refractivity contribution is 6.35. The molecule has 3 heterocycles. The van der Waals surface area contributed by atoms with E-state index in [4.69, 9.17) is 23.2 Å². The van der Waals surface area contributed by atoms with Crippen LogP contribution in [-0.4, -0.2) is 71.4 Å². The van der Waals surface area contributed by atoms with Crippen LogP contribution in [0.15, 0.2) is 36.4 Å². The first-order valence-corrected chi connectivity index (χ1v) is 11.6. The summed E-state index contributed by atoms with van der Waals surface area (Å²) in [5.41, 5.74) is 2.40. The van der Waals surface area contributed by atoms with Gasteiger partial charge >= 0.3 is 6.03 Å². The van der Waals surface area contributed by atoms with E-state index in [0.29, 0.717) is 16.6 Å². The molecule has 2 aromatic carbocycles. The van der Waals surface area contributed by atoms with Gasteiger partial charge in [0.2, 0.25) is 5.91 Å². The molecule has 0 aliphatic carbocycles. The number of rotatable bonds is 4. The first kappa shape index (κ1) is 22.6. The smallest absolute Gasteiger partial charge is 0.343 e. The van der Waals surface area contributed by atoms with Gasteiger partial charge in [-0.3, -0.25) is 24.6 Å². The number of carbonyl (C=O) groups is 4. The van der Waals surface area contributed by atoms with E-state index < -0.39 is 23.8 Å². The molecule has 2 aromatic rings. The van der Waals surface area contributed by atoms with Crippen molar-refractivity contribution in [3.05, 3.63) is 63.1 Å². The van der Waals surface area contributed by atoms with Crippen LogP contribution in [0.2, 0.25) is 10.0 Å². The van der Waals surface area contributed by atoms with Crippen molar-refractivity contribution in [3.63, 3.8) is 0 Å². The molecule has 0 unspecified atom stereocenters. The van der Waals surface area contributed by atoms with Gasteiger partial charge in [-0.25, -0.2) is 9.80 Å². The molecule has 11 heteroatoms. The summed E-state index contributed by atoms with van der Waals surface area (Å²) >= 11 is 12.3. The molecule has 0 radical (unpaired) electrons. The number of piperazine rings is 1. The molecule has 34 heavy (non-hydrogen) atoms. The largest absolute Gasteiger partial charge is 0.369 e. The minimum Gasteiger partial charge on any atom is -0.369 e. The Balaban J connectivity index is 1.25. The minimum atomic E-state index is -0.773. The second-order valence-electron chi connectivity index (χ2n) is 8.42. The Labute approximate surface area is 205 Å². The van der Waals surface area contributed by atoms with Gasteiger partial charge in [-0.05, 0) is 35.9 Å². The lowest BCUT2D eigenvalue weighted by molar-refractivity contribution is -0.122. The fourth-order valence-electron chi connectivity index (χ4n) is 4.48. The number of anilines is 1. The molecule has 3 aliphatic heterocycles. The number of carbonyl (C=O) groups excluding carboxylic acids is 4. The summed E-state index contributed by atoms with van der Waals surface area (Å²) in [4.78, 5) is 53.9. The van der Waals surface area contributed by atoms with Crippen LogP contribution >= 0.6 is 23.2 Å². The molecule has 0 bridgehead atoms. The quantitative estimate of drug-likeness (QED) is 0.647. The number of amides is 5. The van der Waals surface area contributed by atoms with E-state index in [-0.39, 0.29) is 24.1 Å². The normalized spacial score (nSPS) is 19.1. The first-order valence-electron chi connectivity index (χ1n) is 10.9. The zero-order valence-corrected chi connectivity index (χ0v) is 19.6. The number of hydrogen-bond donors (Lipinski definition) is 1. The first-order chi connectivity index (χ1) is 16.3. The standard InChI is InChI=1S/C23H21Cl2N5O4/c24-15-10-16(25)12-17(11-15)28-7-5-27(6-8-28)13-14-1-2-18-19(9-14)22(33)30(21(18)32)29-4-3-20(31)26-23(29)34/h1-2,9-12H,3-8,13H2,(H,26,31,34). The SMILES string of the molecule is O=C1CCN(N2C(=O)c3ccc(CN4CCN(c5cc(Cl)cc(Cl)c5)CC4)cc3C2=O)C(=O)N1. The molecule has 2 fully saturated rings. The molecule has 9 nitrogen and oxygen atoms in total. The fourth-order valence-corrected chi connectivity index (χ4v) is 5.00. The van der Waals surface area contributed by atoms with Crippen LogP contribution in [0.3, 0.4) is 0 Å². The molecule has 176 valence electrons. The number of hydrogen-bond acceptors (Lipinski definition) is 6. The van der Waals surface area contributed by atoms with Crippen molar-refractivity contribution in [1.29, 1.82) is 0 Å². The summed E-state index contributed by atoms with van der Waals surface area (Å²) in [5, 5.41) is 5.16. The van der Waals surface area contributed by atoms with E-state index in [0.717, 1.165) is 47.4 Å². The third kappa shape index (κ3) is 4.22. The molecule has 2 saturated heterocycles. The summed E-state index contributed by atoms with van der Waals surface area (Å²) in [5.74, 6) is -1.56. The van der Waals surface area contributed by atoms with E-state index in [1.54, 1.807) is 18.2 Å². The van der Waals surface area contributed by atoms with Gasteiger partial charge < -0.3 is 4.90 Å². The van der Waals surface area contributed by atoms with Crippen LogP contribution in [0.1, 0.15) is 32.7 Å². The van der Waals surface area contributed by atoms with E-state index in [9.17, 15) is 19.2 Å². The lowest BCUT2D eigenvalue weighted by Gasteiger charge is -2.36. The average Bonchev–Trinajstić information content (AvgIpc) is 3.03. The van der Waals surface area contributed by atoms with Gasteiger partial charge in [0, 0.05) is 54.9 Å². The molecule has 5 amide bonds. The highest BCUT2D eigenvalue weighted by Crippen LogP contribution is 2.28. The van der Waals surface area contributed by atoms with Crippen molar-refractivity contribution in [2.45, 2.75) is 13.0 Å². The maximum Gasteiger partial charge on any atom is 0.343 e. The van der Waals surface area contributed by atoms with Gasteiger partial charge in [-0.1, -0.05) is 29.3 Å². The second-order valence-corrected chi connectivity index (χ2v) is 9.29. The Hall–Kier alpha value is -3.14. The summed E-state index contributed by atoms with van der Waals surface area (Å²) in [6, 6.07) is 9.91. The van der Waals surface area contributed by atoms with Crippen molar-refractivity contribution in [1.82, 2.24) is 20.2 Å². The van der Waals surface area contributed by atoms with Crippen LogP contribution in [0.25, 0.3) is 0 Å². The molecule has 0 atom stereocenters. The zero-order valence-electron chi connectivity index (χ0n) is 18.1. The third-order valence-corrected chi connectivity index (χ3v) is 6.63. The van der Waals surface area contributed by atoms with Gasteiger partial charge in [0.25, 0.3) is 11.8 Å². The van der Waals surface area contributed by atoms with E-state index in [2.05, 4.69) is 15.1 Å². The summed E-state index contributed by atoms with van der Waals surface area (Å²) < 4.78 is 0. The lowest BCUT2D eigenvalue weighted by atomic mass is 10.1. The van der Waals surface area contributed by atoms with Gasteiger partial charge in [0.15, 0.2) is 0 Å². The predicted molar refractivity (Wildman–Crippen MR) is 126 cm³/mol. The van der Waals surface area contributed by atoms with Crippen LogP contribution in [0.5, 0.6) is 0 Å². The second kappa shape index (κ2) is 8.90. The van der Waals surface area contributed by atoms with E-state index in [1.807, 2.05) is 18.2 Å². The Morgan fingerprint density at radius 3 is 2.15 bits per heavy atom. The maximum absolute atomic E-state index is 13.0. The number of imide groups is 2. The van der Waals surface area contributed by atoms with Crippen molar-refractivity contribution in [2.24, 2.45) is 0 Å². The van der Waals surface area contributed by atoms with E-state index in [1.165, 1.54) is 0 Å². The monoisotopic (exact) mass is 501 g/mol. The number of benzene rings is 2. The Kier molecular flexibility index (Phi) is 5.93.